The van der Waals surface area contributed by atoms with Gasteiger partial charge in [-0.2, -0.15) is 0 Å². The van der Waals surface area contributed by atoms with Gasteiger partial charge in [0.15, 0.2) is 0 Å². The minimum absolute atomic E-state index is 0.177. The molecule has 1 aliphatic heterocycles. The van der Waals surface area contributed by atoms with Gasteiger partial charge in [-0.25, -0.2) is 0 Å². The molecule has 2 atom stereocenters. The Morgan fingerprint density at radius 2 is 2.18 bits per heavy atom. The lowest BCUT2D eigenvalue weighted by atomic mass is 10.1. The van der Waals surface area contributed by atoms with E-state index in [-0.39, 0.29) is 18.2 Å². The molecular weight excluding hydrogens is 214 g/mol. The molecule has 1 aliphatic rings. The van der Waals surface area contributed by atoms with E-state index in [0.29, 0.717) is 6.61 Å². The Kier molecular flexibility index (Phi) is 4.02. The summed E-state index contributed by atoms with van der Waals surface area (Å²) in [7, 11) is 1.96. The van der Waals surface area contributed by atoms with Crippen LogP contribution in [0.15, 0.2) is 24.3 Å². The van der Waals surface area contributed by atoms with Gasteiger partial charge in [-0.3, -0.25) is 0 Å². The number of ether oxygens (including phenoxy) is 2. The average molecular weight is 235 g/mol. The highest BCUT2D eigenvalue weighted by molar-refractivity contribution is 5.37. The highest BCUT2D eigenvalue weighted by atomic mass is 16.5. The first-order valence-electron chi connectivity index (χ1n) is 6.24. The van der Waals surface area contributed by atoms with Gasteiger partial charge < -0.3 is 14.8 Å². The van der Waals surface area contributed by atoms with E-state index >= 15 is 0 Å². The lowest BCUT2D eigenvalue weighted by Gasteiger charge is -2.23. The minimum Gasteiger partial charge on any atom is -0.488 e. The number of hydrogen-bond acceptors (Lipinski definition) is 3. The molecule has 3 heteroatoms. The minimum atomic E-state index is 0.177. The summed E-state index contributed by atoms with van der Waals surface area (Å²) >= 11 is 0. The molecule has 0 amide bonds. The number of likely N-dealkylation sites (N-methyl/N-ethyl adjacent to an activating group) is 1. The van der Waals surface area contributed by atoms with E-state index in [4.69, 9.17) is 9.47 Å². The molecule has 1 heterocycles. The smallest absolute Gasteiger partial charge is 0.123 e. The zero-order valence-electron chi connectivity index (χ0n) is 10.8. The number of fused-ring (bicyclic) bond motifs is 1. The van der Waals surface area contributed by atoms with E-state index in [1.807, 2.05) is 19.2 Å². The van der Waals surface area contributed by atoms with E-state index in [1.165, 1.54) is 5.56 Å². The van der Waals surface area contributed by atoms with Crippen molar-refractivity contribution in [3.63, 3.8) is 0 Å². The third kappa shape index (κ3) is 2.99. The molecule has 0 saturated carbocycles. The fourth-order valence-corrected chi connectivity index (χ4v) is 2.11. The molecule has 0 radical (unpaired) electrons. The topological polar surface area (TPSA) is 30.5 Å². The number of hydrogen-bond donors (Lipinski definition) is 1. The van der Waals surface area contributed by atoms with Crippen LogP contribution in [0.1, 0.15) is 19.4 Å². The van der Waals surface area contributed by atoms with Crippen LogP contribution in [-0.2, 0) is 11.2 Å². The Labute approximate surface area is 103 Å². The van der Waals surface area contributed by atoms with Crippen LogP contribution in [0.3, 0.4) is 0 Å². The second kappa shape index (κ2) is 5.52. The molecule has 0 saturated heterocycles. The molecule has 0 fully saturated rings. The van der Waals surface area contributed by atoms with Gasteiger partial charge in [-0.15, -0.1) is 0 Å². The van der Waals surface area contributed by atoms with Gasteiger partial charge in [0.25, 0.3) is 0 Å². The predicted octanol–water partition coefficient (Wildman–Crippen LogP) is 2.00. The molecule has 0 aromatic heterocycles. The average Bonchev–Trinajstić information content (AvgIpc) is 2.72. The van der Waals surface area contributed by atoms with Crippen molar-refractivity contribution in [3.8, 4) is 5.75 Å². The van der Waals surface area contributed by atoms with E-state index in [0.717, 1.165) is 12.2 Å². The van der Waals surface area contributed by atoms with Gasteiger partial charge in [0.05, 0.1) is 18.8 Å². The zero-order chi connectivity index (χ0) is 12.3. The molecule has 94 valence electrons. The molecule has 17 heavy (non-hydrogen) atoms. The summed E-state index contributed by atoms with van der Waals surface area (Å²) < 4.78 is 11.6. The largest absolute Gasteiger partial charge is 0.488 e. The van der Waals surface area contributed by atoms with Crippen molar-refractivity contribution in [1.82, 2.24) is 5.32 Å². The Morgan fingerprint density at radius 3 is 2.82 bits per heavy atom. The van der Waals surface area contributed by atoms with Crippen LogP contribution >= 0.6 is 0 Å². The third-order valence-corrected chi connectivity index (χ3v) is 3.10. The normalized spacial score (nSPS) is 20.1. The SMILES string of the molecule is CNC(COC(C)C)C1Cc2ccccc2O1. The first kappa shape index (κ1) is 12.4. The van der Waals surface area contributed by atoms with E-state index in [9.17, 15) is 0 Å². The Balaban J connectivity index is 1.95. The summed E-state index contributed by atoms with van der Waals surface area (Å²) in [5, 5.41) is 3.28. The van der Waals surface area contributed by atoms with Crippen molar-refractivity contribution in [2.75, 3.05) is 13.7 Å². The monoisotopic (exact) mass is 235 g/mol. The van der Waals surface area contributed by atoms with Crippen LogP contribution in [-0.4, -0.2) is 31.9 Å². The standard InChI is InChI=1S/C14H21NO2/c1-10(2)16-9-12(15-3)14-8-11-6-4-5-7-13(11)17-14/h4-7,10,12,14-15H,8-9H2,1-3H3. The summed E-state index contributed by atoms with van der Waals surface area (Å²) in [4.78, 5) is 0. The lowest BCUT2D eigenvalue weighted by molar-refractivity contribution is 0.0350. The van der Waals surface area contributed by atoms with Gasteiger partial charge in [-0.05, 0) is 32.5 Å². The molecule has 1 aromatic carbocycles. The second-order valence-corrected chi connectivity index (χ2v) is 4.75. The van der Waals surface area contributed by atoms with Crippen molar-refractivity contribution in [2.45, 2.75) is 38.5 Å². The first-order valence-corrected chi connectivity index (χ1v) is 6.24. The van der Waals surface area contributed by atoms with Crippen LogP contribution in [0.2, 0.25) is 0 Å². The summed E-state index contributed by atoms with van der Waals surface area (Å²) in [5.74, 6) is 1.02. The Morgan fingerprint density at radius 1 is 1.41 bits per heavy atom. The van der Waals surface area contributed by atoms with E-state index < -0.39 is 0 Å². The lowest BCUT2D eigenvalue weighted by Crippen LogP contribution is -2.44. The first-order chi connectivity index (χ1) is 8.20. The van der Waals surface area contributed by atoms with Crippen LogP contribution in [0.25, 0.3) is 0 Å². The molecule has 0 bridgehead atoms. The van der Waals surface area contributed by atoms with Crippen molar-refractivity contribution in [2.24, 2.45) is 0 Å². The second-order valence-electron chi connectivity index (χ2n) is 4.75. The third-order valence-electron chi connectivity index (χ3n) is 3.10. The molecule has 2 rings (SSSR count). The maximum atomic E-state index is 5.95. The van der Waals surface area contributed by atoms with Gasteiger partial charge in [-0.1, -0.05) is 18.2 Å². The van der Waals surface area contributed by atoms with Crippen LogP contribution in [0.4, 0.5) is 0 Å². The molecule has 0 spiro atoms. The summed E-state index contributed by atoms with van der Waals surface area (Å²) in [5.41, 5.74) is 1.29. The summed E-state index contributed by atoms with van der Waals surface area (Å²) in [6.45, 7) is 4.79. The fourth-order valence-electron chi connectivity index (χ4n) is 2.11. The Bertz CT molecular complexity index is 340. The molecule has 1 N–H and O–H groups in total. The van der Waals surface area contributed by atoms with E-state index in [1.54, 1.807) is 0 Å². The number of rotatable bonds is 5. The highest BCUT2D eigenvalue weighted by Gasteiger charge is 2.29. The number of para-hydroxylation sites is 1. The van der Waals surface area contributed by atoms with Gasteiger partial charge in [0.2, 0.25) is 0 Å². The quantitative estimate of drug-likeness (QED) is 0.846. The maximum absolute atomic E-state index is 5.95. The molecule has 3 nitrogen and oxygen atoms in total. The van der Waals surface area contributed by atoms with Crippen LogP contribution in [0, 0.1) is 0 Å². The van der Waals surface area contributed by atoms with E-state index in [2.05, 4.69) is 31.3 Å². The van der Waals surface area contributed by atoms with Crippen LogP contribution in [0.5, 0.6) is 5.75 Å². The maximum Gasteiger partial charge on any atom is 0.123 e. The predicted molar refractivity (Wildman–Crippen MR) is 68.5 cm³/mol. The highest BCUT2D eigenvalue weighted by Crippen LogP contribution is 2.29. The number of benzene rings is 1. The molecular formula is C14H21NO2. The zero-order valence-corrected chi connectivity index (χ0v) is 10.8. The van der Waals surface area contributed by atoms with Crippen molar-refractivity contribution in [3.05, 3.63) is 29.8 Å². The summed E-state index contributed by atoms with van der Waals surface area (Å²) in [6.07, 6.45) is 1.40. The fraction of sp³-hybridized carbons (Fsp3) is 0.571. The van der Waals surface area contributed by atoms with Gasteiger partial charge in [0, 0.05) is 6.42 Å². The number of nitrogens with one attached hydrogen (secondary N) is 1. The summed E-state index contributed by atoms with van der Waals surface area (Å²) in [6, 6.07) is 8.48. The van der Waals surface area contributed by atoms with Crippen molar-refractivity contribution < 1.29 is 9.47 Å². The van der Waals surface area contributed by atoms with Gasteiger partial charge >= 0.3 is 0 Å². The van der Waals surface area contributed by atoms with Gasteiger partial charge in [0.1, 0.15) is 11.9 Å². The van der Waals surface area contributed by atoms with Crippen molar-refractivity contribution >= 4 is 0 Å². The Hall–Kier alpha value is -1.06. The molecule has 0 aliphatic carbocycles. The van der Waals surface area contributed by atoms with Crippen molar-refractivity contribution in [1.29, 1.82) is 0 Å². The molecule has 2 unspecified atom stereocenters. The van der Waals surface area contributed by atoms with Crippen LogP contribution < -0.4 is 10.1 Å². The molecule has 1 aromatic rings.